The number of aromatic nitrogens is 1. The summed E-state index contributed by atoms with van der Waals surface area (Å²) < 4.78 is 11.3. The lowest BCUT2D eigenvalue weighted by Crippen LogP contribution is -2.36. The molecule has 3 atom stereocenters. The summed E-state index contributed by atoms with van der Waals surface area (Å²) in [6.45, 7) is 7.30. The minimum atomic E-state index is -0.533. The summed E-state index contributed by atoms with van der Waals surface area (Å²) in [5.41, 5.74) is 6.56. The molecular formula is C26H39N3O6. The predicted molar refractivity (Wildman–Crippen MR) is 130 cm³/mol. The third-order valence-electron chi connectivity index (χ3n) is 6.27. The molecule has 2 heterocycles. The lowest BCUT2D eigenvalue weighted by Gasteiger charge is -2.31. The molecule has 2 N–H and O–H groups in total. The Morgan fingerprint density at radius 1 is 1.20 bits per heavy atom. The Bertz CT molecular complexity index is 823. The van der Waals surface area contributed by atoms with E-state index in [2.05, 4.69) is 15.9 Å². The van der Waals surface area contributed by atoms with Gasteiger partial charge < -0.3 is 14.3 Å². The lowest BCUT2D eigenvalue weighted by atomic mass is 9.88. The van der Waals surface area contributed by atoms with E-state index in [0.717, 1.165) is 12.0 Å². The number of nitrogens with zero attached hydrogens (tertiary/aromatic N) is 1. The van der Waals surface area contributed by atoms with Crippen LogP contribution >= 0.6 is 0 Å². The summed E-state index contributed by atoms with van der Waals surface area (Å²) in [4.78, 5) is 39.2. The van der Waals surface area contributed by atoms with Gasteiger partial charge in [0.05, 0.1) is 30.9 Å². The van der Waals surface area contributed by atoms with Crippen LogP contribution in [0.15, 0.2) is 24.4 Å². The number of carbonyl (C=O) groups excluding carboxylic acids is 2. The molecule has 3 rings (SSSR count). The summed E-state index contributed by atoms with van der Waals surface area (Å²) in [5, 5.41) is 0. The van der Waals surface area contributed by atoms with Crippen molar-refractivity contribution in [3.63, 3.8) is 0 Å². The van der Waals surface area contributed by atoms with E-state index in [1.807, 2.05) is 19.9 Å². The molecule has 1 aromatic heterocycles. The Morgan fingerprint density at radius 2 is 2.00 bits per heavy atom. The van der Waals surface area contributed by atoms with Gasteiger partial charge in [-0.25, -0.2) is 10.3 Å². The Balaban J connectivity index is 1.34. The van der Waals surface area contributed by atoms with Gasteiger partial charge >= 0.3 is 5.97 Å². The van der Waals surface area contributed by atoms with Crippen molar-refractivity contribution in [1.29, 1.82) is 0 Å². The molecule has 1 aliphatic carbocycles. The number of carbonyl (C=O) groups is 2. The maximum absolute atomic E-state index is 12.5. The second-order valence-corrected chi connectivity index (χ2v) is 9.72. The molecule has 0 bridgehead atoms. The van der Waals surface area contributed by atoms with Crippen molar-refractivity contribution < 1.29 is 28.7 Å². The van der Waals surface area contributed by atoms with Gasteiger partial charge in [-0.1, -0.05) is 32.8 Å². The molecule has 0 radical (unpaired) electrons. The molecule has 9 nitrogen and oxygen atoms in total. The van der Waals surface area contributed by atoms with E-state index in [-0.39, 0.29) is 18.0 Å². The SMILES string of the molecule is CC(C)COC(C)ONC(=O)C=Cc1ccc(CNOC(=O)C2CCOC(C3CCCC3)C2)cn1. The molecular weight excluding hydrogens is 450 g/mol. The van der Waals surface area contributed by atoms with Crippen LogP contribution in [0.1, 0.15) is 70.6 Å². The smallest absolute Gasteiger partial charge is 0.327 e. The molecule has 1 saturated carbocycles. The van der Waals surface area contributed by atoms with E-state index in [1.165, 1.54) is 31.8 Å². The van der Waals surface area contributed by atoms with E-state index in [1.54, 1.807) is 25.3 Å². The van der Waals surface area contributed by atoms with Gasteiger partial charge in [0.25, 0.3) is 5.91 Å². The van der Waals surface area contributed by atoms with Crippen molar-refractivity contribution in [1.82, 2.24) is 15.9 Å². The highest BCUT2D eigenvalue weighted by Gasteiger charge is 2.34. The van der Waals surface area contributed by atoms with Crippen molar-refractivity contribution >= 4 is 18.0 Å². The van der Waals surface area contributed by atoms with Crippen LogP contribution in [-0.4, -0.2) is 42.5 Å². The summed E-state index contributed by atoms with van der Waals surface area (Å²) in [7, 11) is 0. The minimum absolute atomic E-state index is 0.118. The molecule has 1 amide bonds. The normalized spacial score (nSPS) is 21.9. The maximum atomic E-state index is 12.5. The Hall–Kier alpha value is -2.33. The molecule has 2 fully saturated rings. The first-order valence-corrected chi connectivity index (χ1v) is 12.7. The van der Waals surface area contributed by atoms with Crippen molar-refractivity contribution in [2.45, 2.75) is 78.2 Å². The van der Waals surface area contributed by atoms with Gasteiger partial charge in [0.1, 0.15) is 0 Å². The molecule has 0 spiro atoms. The Labute approximate surface area is 207 Å². The lowest BCUT2D eigenvalue weighted by molar-refractivity contribution is -0.180. The number of ether oxygens (including phenoxy) is 2. The first-order chi connectivity index (χ1) is 16.9. The zero-order valence-electron chi connectivity index (χ0n) is 21.0. The van der Waals surface area contributed by atoms with E-state index in [4.69, 9.17) is 19.1 Å². The summed E-state index contributed by atoms with van der Waals surface area (Å²) in [6.07, 6.45) is 10.6. The zero-order valence-corrected chi connectivity index (χ0v) is 21.0. The number of pyridine rings is 1. The summed E-state index contributed by atoms with van der Waals surface area (Å²) >= 11 is 0. The second-order valence-electron chi connectivity index (χ2n) is 9.72. The monoisotopic (exact) mass is 489 g/mol. The number of amides is 1. The topological polar surface area (TPSA) is 108 Å². The molecule has 9 heteroatoms. The fourth-order valence-corrected chi connectivity index (χ4v) is 4.31. The van der Waals surface area contributed by atoms with Gasteiger partial charge in [-0.3, -0.25) is 14.6 Å². The van der Waals surface area contributed by atoms with Crippen LogP contribution in [-0.2, 0) is 35.3 Å². The van der Waals surface area contributed by atoms with Crippen molar-refractivity contribution in [3.8, 4) is 0 Å². The molecule has 1 saturated heterocycles. The van der Waals surface area contributed by atoms with Crippen LogP contribution in [0.4, 0.5) is 0 Å². The van der Waals surface area contributed by atoms with E-state index in [0.29, 0.717) is 43.7 Å². The minimum Gasteiger partial charge on any atom is -0.378 e. The van der Waals surface area contributed by atoms with Gasteiger partial charge in [-0.2, -0.15) is 0 Å². The van der Waals surface area contributed by atoms with Crippen LogP contribution in [0, 0.1) is 17.8 Å². The second kappa shape index (κ2) is 14.3. The van der Waals surface area contributed by atoms with Crippen LogP contribution in [0.2, 0.25) is 0 Å². The average Bonchev–Trinajstić information content (AvgIpc) is 3.41. The molecule has 2 aliphatic rings. The number of hydroxylamine groups is 2. The fourth-order valence-electron chi connectivity index (χ4n) is 4.31. The quantitative estimate of drug-likeness (QED) is 0.260. The van der Waals surface area contributed by atoms with Crippen molar-refractivity contribution in [2.24, 2.45) is 17.8 Å². The number of nitrogens with one attached hydrogen (secondary N) is 2. The average molecular weight is 490 g/mol. The van der Waals surface area contributed by atoms with Gasteiger partial charge in [0.15, 0.2) is 6.29 Å². The number of hydrogen-bond acceptors (Lipinski definition) is 8. The molecule has 194 valence electrons. The van der Waals surface area contributed by atoms with Gasteiger partial charge in [-0.15, -0.1) is 5.48 Å². The highest BCUT2D eigenvalue weighted by molar-refractivity contribution is 5.90. The molecule has 1 aliphatic heterocycles. The zero-order chi connectivity index (χ0) is 25.0. The Morgan fingerprint density at radius 3 is 2.71 bits per heavy atom. The van der Waals surface area contributed by atoms with Crippen LogP contribution in [0.5, 0.6) is 0 Å². The third kappa shape index (κ3) is 9.68. The summed E-state index contributed by atoms with van der Waals surface area (Å²) in [6, 6.07) is 3.64. The highest BCUT2D eigenvalue weighted by Crippen LogP contribution is 2.35. The molecule has 3 unspecified atom stereocenters. The molecule has 35 heavy (non-hydrogen) atoms. The standard InChI is InChI=1S/C26H39N3O6/c1-18(2)17-33-19(3)34-29-25(30)11-10-23-9-8-20(15-27-23)16-28-35-26(31)22-12-13-32-24(14-22)21-6-4-5-7-21/h8-11,15,18-19,21-22,24,28H,4-7,12-14,16-17H2,1-3H3,(H,29,30). The van der Waals surface area contributed by atoms with E-state index < -0.39 is 12.2 Å². The van der Waals surface area contributed by atoms with Crippen LogP contribution in [0.25, 0.3) is 6.08 Å². The Kier molecular flexibility index (Phi) is 11.1. The molecule has 1 aromatic rings. The first kappa shape index (κ1) is 27.3. The van der Waals surface area contributed by atoms with Gasteiger partial charge in [-0.05, 0) is 62.1 Å². The fraction of sp³-hybridized carbons (Fsp3) is 0.654. The highest BCUT2D eigenvalue weighted by atomic mass is 16.8. The van der Waals surface area contributed by atoms with E-state index >= 15 is 0 Å². The van der Waals surface area contributed by atoms with Crippen LogP contribution < -0.4 is 11.0 Å². The maximum Gasteiger partial charge on any atom is 0.327 e. The number of hydrogen-bond donors (Lipinski definition) is 2. The van der Waals surface area contributed by atoms with Crippen molar-refractivity contribution in [2.75, 3.05) is 13.2 Å². The molecule has 0 aromatic carbocycles. The van der Waals surface area contributed by atoms with Gasteiger partial charge in [0.2, 0.25) is 0 Å². The predicted octanol–water partition coefficient (Wildman–Crippen LogP) is 3.69. The largest absolute Gasteiger partial charge is 0.378 e. The first-order valence-electron chi connectivity index (χ1n) is 12.7. The summed E-state index contributed by atoms with van der Waals surface area (Å²) in [5.74, 6) is 0.220. The third-order valence-corrected chi connectivity index (χ3v) is 6.27. The van der Waals surface area contributed by atoms with Crippen LogP contribution in [0.3, 0.4) is 0 Å². The van der Waals surface area contributed by atoms with E-state index in [9.17, 15) is 9.59 Å². The van der Waals surface area contributed by atoms with Gasteiger partial charge in [0, 0.05) is 18.9 Å². The van der Waals surface area contributed by atoms with Crippen molar-refractivity contribution in [3.05, 3.63) is 35.7 Å². The number of rotatable bonds is 12.